The van der Waals surface area contributed by atoms with Gasteiger partial charge in [-0.2, -0.15) is 0 Å². The van der Waals surface area contributed by atoms with Crippen molar-refractivity contribution in [2.24, 2.45) is 5.92 Å². The van der Waals surface area contributed by atoms with E-state index in [1.807, 2.05) is 0 Å². The Morgan fingerprint density at radius 3 is 2.76 bits per heavy atom. The summed E-state index contributed by atoms with van der Waals surface area (Å²) in [5.74, 6) is 0.929. The summed E-state index contributed by atoms with van der Waals surface area (Å²) in [6, 6.07) is 9.51. The van der Waals surface area contributed by atoms with Crippen molar-refractivity contribution >= 4 is 0 Å². The number of nitrogens with one attached hydrogen (secondary N) is 1. The second kappa shape index (κ2) is 7.42. The largest absolute Gasteiger partial charge is 0.372 e. The van der Waals surface area contributed by atoms with Gasteiger partial charge in [-0.25, -0.2) is 0 Å². The molecule has 2 aliphatic carbocycles. The lowest BCUT2D eigenvalue weighted by Crippen LogP contribution is -2.35. The third-order valence-corrected chi connectivity index (χ3v) is 5.18. The number of hydrogen-bond acceptors (Lipinski definition) is 2. The highest BCUT2D eigenvalue weighted by Gasteiger charge is 2.20. The maximum Gasteiger partial charge on any atom is 0.0828 e. The topological polar surface area (TPSA) is 21.3 Å². The first-order valence-electron chi connectivity index (χ1n) is 8.75. The van der Waals surface area contributed by atoms with E-state index in [-0.39, 0.29) is 0 Å². The van der Waals surface area contributed by atoms with Crippen molar-refractivity contribution in [1.82, 2.24) is 5.32 Å². The Labute approximate surface area is 129 Å². The van der Waals surface area contributed by atoms with Crippen molar-refractivity contribution in [1.29, 1.82) is 0 Å². The molecule has 0 radical (unpaired) electrons. The van der Waals surface area contributed by atoms with E-state index in [4.69, 9.17) is 4.74 Å². The van der Waals surface area contributed by atoms with Gasteiger partial charge in [0.2, 0.25) is 0 Å². The lowest BCUT2D eigenvalue weighted by molar-refractivity contribution is 0.0408. The van der Waals surface area contributed by atoms with E-state index >= 15 is 0 Å². The Morgan fingerprint density at radius 1 is 1.10 bits per heavy atom. The molecule has 0 heterocycles. The van der Waals surface area contributed by atoms with Crippen LogP contribution < -0.4 is 5.32 Å². The summed E-state index contributed by atoms with van der Waals surface area (Å²) in [7, 11) is 0. The van der Waals surface area contributed by atoms with Crippen LogP contribution in [0, 0.1) is 5.92 Å². The summed E-state index contributed by atoms with van der Waals surface area (Å²) in [6.07, 6.45) is 9.43. The maximum absolute atomic E-state index is 6.16. The fourth-order valence-electron chi connectivity index (χ4n) is 3.81. The predicted molar refractivity (Wildman–Crippen MR) is 87.5 cm³/mol. The number of benzene rings is 1. The van der Waals surface area contributed by atoms with Gasteiger partial charge in [0, 0.05) is 12.6 Å². The molecule has 0 saturated heterocycles. The summed E-state index contributed by atoms with van der Waals surface area (Å²) >= 11 is 0. The monoisotopic (exact) mass is 287 g/mol. The molecule has 1 aromatic carbocycles. The second-order valence-electron chi connectivity index (χ2n) is 6.86. The molecule has 1 N–H and O–H groups in total. The molecule has 1 saturated carbocycles. The van der Waals surface area contributed by atoms with Crippen LogP contribution in [0.25, 0.3) is 0 Å². The first-order valence-corrected chi connectivity index (χ1v) is 8.75. The Bertz CT molecular complexity index is 437. The van der Waals surface area contributed by atoms with Gasteiger partial charge in [0.05, 0.1) is 12.7 Å². The van der Waals surface area contributed by atoms with E-state index in [2.05, 4.69) is 36.5 Å². The van der Waals surface area contributed by atoms with Gasteiger partial charge in [-0.3, -0.25) is 0 Å². The average molecular weight is 287 g/mol. The van der Waals surface area contributed by atoms with E-state index in [0.29, 0.717) is 6.10 Å². The van der Waals surface area contributed by atoms with E-state index in [1.165, 1.54) is 56.1 Å². The first-order chi connectivity index (χ1) is 10.3. The van der Waals surface area contributed by atoms with Crippen LogP contribution in [-0.4, -0.2) is 19.2 Å². The van der Waals surface area contributed by atoms with Crippen LogP contribution in [0.15, 0.2) is 24.3 Å². The smallest absolute Gasteiger partial charge is 0.0828 e. The number of rotatable bonds is 5. The third-order valence-electron chi connectivity index (χ3n) is 5.18. The van der Waals surface area contributed by atoms with Crippen LogP contribution >= 0.6 is 0 Å². The molecule has 1 unspecified atom stereocenters. The summed E-state index contributed by atoms with van der Waals surface area (Å²) in [6.45, 7) is 4.21. The van der Waals surface area contributed by atoms with Crippen molar-refractivity contribution in [3.63, 3.8) is 0 Å². The molecule has 1 atom stereocenters. The molecular weight excluding hydrogens is 258 g/mol. The molecule has 0 aromatic heterocycles. The SMILES string of the molecule is CC1CCC(NCCOC2CCCc3ccccc32)CC1. The van der Waals surface area contributed by atoms with E-state index in [0.717, 1.165) is 25.1 Å². The van der Waals surface area contributed by atoms with Crippen LogP contribution in [0.4, 0.5) is 0 Å². The van der Waals surface area contributed by atoms with Crippen molar-refractivity contribution in [2.75, 3.05) is 13.2 Å². The molecule has 0 aliphatic heterocycles. The molecule has 3 rings (SSSR count). The average Bonchev–Trinajstić information content (AvgIpc) is 2.53. The van der Waals surface area contributed by atoms with Crippen molar-refractivity contribution in [3.8, 4) is 0 Å². The van der Waals surface area contributed by atoms with Crippen molar-refractivity contribution < 1.29 is 4.74 Å². The number of aryl methyl sites for hydroxylation is 1. The van der Waals surface area contributed by atoms with Gasteiger partial charge in [0.15, 0.2) is 0 Å². The van der Waals surface area contributed by atoms with Gasteiger partial charge < -0.3 is 10.1 Å². The van der Waals surface area contributed by atoms with Gasteiger partial charge in [-0.15, -0.1) is 0 Å². The maximum atomic E-state index is 6.16. The van der Waals surface area contributed by atoms with Crippen LogP contribution in [-0.2, 0) is 11.2 Å². The summed E-state index contributed by atoms with van der Waals surface area (Å²) in [4.78, 5) is 0. The lowest BCUT2D eigenvalue weighted by atomic mass is 9.87. The highest BCUT2D eigenvalue weighted by atomic mass is 16.5. The zero-order chi connectivity index (χ0) is 14.5. The van der Waals surface area contributed by atoms with Crippen LogP contribution in [0.1, 0.15) is 62.7 Å². The van der Waals surface area contributed by atoms with Gasteiger partial charge in [-0.1, -0.05) is 31.2 Å². The Morgan fingerprint density at radius 2 is 1.90 bits per heavy atom. The zero-order valence-electron chi connectivity index (χ0n) is 13.3. The first kappa shape index (κ1) is 15.1. The highest BCUT2D eigenvalue weighted by molar-refractivity contribution is 5.31. The number of hydrogen-bond donors (Lipinski definition) is 1. The Hall–Kier alpha value is -0.860. The molecule has 2 heteroatoms. The fourth-order valence-corrected chi connectivity index (χ4v) is 3.81. The number of ether oxygens (including phenoxy) is 1. The molecular formula is C19H29NO. The van der Waals surface area contributed by atoms with E-state index in [9.17, 15) is 0 Å². The minimum Gasteiger partial charge on any atom is -0.372 e. The molecule has 21 heavy (non-hydrogen) atoms. The van der Waals surface area contributed by atoms with Crippen molar-refractivity contribution in [2.45, 2.75) is 64.0 Å². The minimum atomic E-state index is 0.322. The molecule has 2 aliphatic rings. The van der Waals surface area contributed by atoms with Gasteiger partial charge in [0.1, 0.15) is 0 Å². The molecule has 1 fully saturated rings. The standard InChI is InChI=1S/C19H29NO/c1-15-9-11-17(12-10-15)20-13-14-21-19-8-4-6-16-5-2-3-7-18(16)19/h2-3,5,7,15,17,19-20H,4,6,8-14H2,1H3. The summed E-state index contributed by atoms with van der Waals surface area (Å²) < 4.78 is 6.16. The second-order valence-corrected chi connectivity index (χ2v) is 6.86. The Kier molecular flexibility index (Phi) is 5.32. The minimum absolute atomic E-state index is 0.322. The van der Waals surface area contributed by atoms with Crippen LogP contribution in [0.2, 0.25) is 0 Å². The predicted octanol–water partition coefficient (Wildman–Crippen LogP) is 4.25. The Balaban J connectivity index is 1.40. The lowest BCUT2D eigenvalue weighted by Gasteiger charge is -2.28. The molecule has 0 bridgehead atoms. The van der Waals surface area contributed by atoms with E-state index < -0.39 is 0 Å². The molecule has 0 spiro atoms. The third kappa shape index (κ3) is 4.08. The molecule has 1 aromatic rings. The van der Waals surface area contributed by atoms with Crippen molar-refractivity contribution in [3.05, 3.63) is 35.4 Å². The molecule has 0 amide bonds. The van der Waals surface area contributed by atoms with Gasteiger partial charge in [-0.05, 0) is 62.0 Å². The highest BCUT2D eigenvalue weighted by Crippen LogP contribution is 2.32. The summed E-state index contributed by atoms with van der Waals surface area (Å²) in [5, 5.41) is 3.68. The molecule has 116 valence electrons. The van der Waals surface area contributed by atoms with Gasteiger partial charge in [0.25, 0.3) is 0 Å². The van der Waals surface area contributed by atoms with E-state index in [1.54, 1.807) is 0 Å². The van der Waals surface area contributed by atoms with Gasteiger partial charge >= 0.3 is 0 Å². The van der Waals surface area contributed by atoms with Crippen LogP contribution in [0.5, 0.6) is 0 Å². The quantitative estimate of drug-likeness (QED) is 0.818. The number of fused-ring (bicyclic) bond motifs is 1. The van der Waals surface area contributed by atoms with Crippen LogP contribution in [0.3, 0.4) is 0 Å². The normalized spacial score (nSPS) is 29.1. The molecule has 2 nitrogen and oxygen atoms in total. The zero-order valence-corrected chi connectivity index (χ0v) is 13.3. The summed E-state index contributed by atoms with van der Waals surface area (Å²) in [5.41, 5.74) is 2.92. The fraction of sp³-hybridized carbons (Fsp3) is 0.684.